The van der Waals surface area contributed by atoms with Gasteiger partial charge in [0.05, 0.1) is 17.6 Å². The molecular weight excluding hydrogens is 590 g/mol. The molecule has 2 heterocycles. The van der Waals surface area contributed by atoms with Crippen molar-refractivity contribution in [2.75, 3.05) is 19.0 Å². The Hall–Kier alpha value is -2.06. The minimum absolute atomic E-state index is 0.0517. The second-order valence-electron chi connectivity index (χ2n) is 14.5. The van der Waals surface area contributed by atoms with Crippen LogP contribution >= 0.6 is 23.2 Å². The molecule has 3 fully saturated rings. The number of carbonyl (C=O) groups is 2. The zero-order valence-corrected chi connectivity index (χ0v) is 26.7. The topological polar surface area (TPSA) is 88.5 Å². The molecule has 6 nitrogen and oxygen atoms in total. The van der Waals surface area contributed by atoms with Gasteiger partial charge in [-0.2, -0.15) is 0 Å². The number of pyridine rings is 1. The molecule has 0 saturated heterocycles. The number of Topliss-reactive ketones (excluding diaryl/α,β-unsaturated/α-hetero) is 1. The van der Waals surface area contributed by atoms with Crippen LogP contribution in [0.5, 0.6) is 0 Å². The second-order valence-corrected chi connectivity index (χ2v) is 15.3. The average molecular weight is 632 g/mol. The van der Waals surface area contributed by atoms with Crippen LogP contribution in [-0.2, 0) is 19.7 Å². The molecule has 3 aliphatic carbocycles. The Morgan fingerprint density at radius 3 is 2.49 bits per heavy atom. The molecule has 43 heavy (non-hydrogen) atoms. The van der Waals surface area contributed by atoms with E-state index in [4.69, 9.17) is 27.9 Å². The number of aromatic nitrogens is 1. The molecule has 3 atom stereocenters. The third-order valence-electron chi connectivity index (χ3n) is 11.5. The van der Waals surface area contributed by atoms with E-state index >= 15 is 4.39 Å². The molecule has 0 radical (unpaired) electrons. The van der Waals surface area contributed by atoms with Crippen LogP contribution in [0.2, 0.25) is 10.2 Å². The fourth-order valence-corrected chi connectivity index (χ4v) is 9.50. The van der Waals surface area contributed by atoms with Crippen molar-refractivity contribution >= 4 is 40.6 Å². The predicted molar refractivity (Wildman–Crippen MR) is 165 cm³/mol. The highest BCUT2D eigenvalue weighted by molar-refractivity contribution is 6.31. The molecule has 0 bridgehead atoms. The Kier molecular flexibility index (Phi) is 7.97. The van der Waals surface area contributed by atoms with Crippen LogP contribution in [0.1, 0.15) is 95.1 Å². The first-order chi connectivity index (χ1) is 20.3. The van der Waals surface area contributed by atoms with E-state index in [1.807, 2.05) is 6.07 Å². The van der Waals surface area contributed by atoms with E-state index in [1.54, 1.807) is 25.3 Å². The van der Waals surface area contributed by atoms with E-state index in [2.05, 4.69) is 24.1 Å². The van der Waals surface area contributed by atoms with Gasteiger partial charge >= 0.3 is 0 Å². The summed E-state index contributed by atoms with van der Waals surface area (Å²) in [5.74, 6) is -2.04. The number of rotatable bonds is 6. The van der Waals surface area contributed by atoms with E-state index in [9.17, 15) is 14.7 Å². The van der Waals surface area contributed by atoms with E-state index in [0.717, 1.165) is 31.2 Å². The summed E-state index contributed by atoms with van der Waals surface area (Å²) in [5, 5.41) is 14.2. The SMILES string of the molecule is COCC1(O)CCC(CC(=O)[C@@H]2CC3(CCC(C)(C)CC3)[C@@]3(C(=O)Nc4cc(Cl)ccc43)[C@H]2c2ccnc(Cl)c2F)CC1. The van der Waals surface area contributed by atoms with Crippen LogP contribution in [0, 0.1) is 28.5 Å². The Labute approximate surface area is 263 Å². The van der Waals surface area contributed by atoms with Crippen molar-refractivity contribution in [1.82, 2.24) is 4.98 Å². The highest BCUT2D eigenvalue weighted by Crippen LogP contribution is 2.72. The molecule has 1 aromatic carbocycles. The zero-order chi connectivity index (χ0) is 30.8. The van der Waals surface area contributed by atoms with Crippen molar-refractivity contribution in [2.24, 2.45) is 22.7 Å². The Balaban J connectivity index is 1.47. The summed E-state index contributed by atoms with van der Waals surface area (Å²) in [6.45, 7) is 4.78. The quantitative estimate of drug-likeness (QED) is 0.320. The molecular formula is C34H41Cl2FN2O4. The number of ketones is 1. The standard InChI is InChI=1S/C34H41Cl2FN2O4/c1-31(2)11-13-32(14-12-31)18-23(26(40)16-20-6-9-33(42,10-7-20)19-43-3)27(22-8-15-38-29(36)28(22)37)34(32)24-5-4-21(35)17-25(24)39-30(34)41/h4-5,8,15,17,20,23,27,42H,6-7,9-14,16,18-19H2,1-3H3,(H,39,41)/t20?,23-,27-,33?,34+/m0/s1. The number of benzene rings is 1. The minimum Gasteiger partial charge on any atom is -0.387 e. The van der Waals surface area contributed by atoms with Gasteiger partial charge < -0.3 is 15.2 Å². The number of anilines is 1. The van der Waals surface area contributed by atoms with Crippen LogP contribution in [0.4, 0.5) is 10.1 Å². The lowest BCUT2D eigenvalue weighted by Gasteiger charge is -2.51. The second kappa shape index (κ2) is 11.1. The van der Waals surface area contributed by atoms with Gasteiger partial charge in [-0.1, -0.05) is 43.1 Å². The Bertz CT molecular complexity index is 1430. The van der Waals surface area contributed by atoms with Gasteiger partial charge in [-0.15, -0.1) is 0 Å². The van der Waals surface area contributed by atoms with Gasteiger partial charge in [-0.25, -0.2) is 9.37 Å². The molecule has 2 N–H and O–H groups in total. The van der Waals surface area contributed by atoms with Crippen LogP contribution in [-0.4, -0.2) is 41.1 Å². The van der Waals surface area contributed by atoms with Crippen LogP contribution < -0.4 is 5.32 Å². The summed E-state index contributed by atoms with van der Waals surface area (Å²) >= 11 is 12.7. The minimum atomic E-state index is -1.17. The molecule has 9 heteroatoms. The largest absolute Gasteiger partial charge is 0.387 e. The van der Waals surface area contributed by atoms with Gasteiger partial charge in [-0.05, 0) is 104 Å². The zero-order valence-electron chi connectivity index (χ0n) is 25.2. The average Bonchev–Trinajstić information content (AvgIpc) is 3.41. The monoisotopic (exact) mass is 630 g/mol. The summed E-state index contributed by atoms with van der Waals surface area (Å²) in [6, 6.07) is 7.05. The molecule has 6 rings (SSSR count). The molecule has 3 saturated carbocycles. The summed E-state index contributed by atoms with van der Waals surface area (Å²) in [6.07, 6.45) is 8.18. The third-order valence-corrected chi connectivity index (χ3v) is 12.0. The fraction of sp³-hybridized carbons (Fsp3) is 0.618. The lowest BCUT2D eigenvalue weighted by atomic mass is 9.51. The number of hydrogen-bond donors (Lipinski definition) is 2. The fourth-order valence-electron chi connectivity index (χ4n) is 9.17. The predicted octanol–water partition coefficient (Wildman–Crippen LogP) is 7.63. The number of aliphatic hydroxyl groups is 1. The van der Waals surface area contributed by atoms with Crippen molar-refractivity contribution in [2.45, 2.75) is 95.0 Å². The first-order valence-electron chi connectivity index (χ1n) is 15.5. The maximum Gasteiger partial charge on any atom is 0.236 e. The number of amides is 1. The molecule has 1 aliphatic heterocycles. The number of fused-ring (bicyclic) bond motifs is 3. The summed E-state index contributed by atoms with van der Waals surface area (Å²) in [4.78, 5) is 33.1. The number of nitrogens with zero attached hydrogens (tertiary/aromatic N) is 1. The molecule has 232 valence electrons. The third kappa shape index (κ3) is 5.03. The maximum atomic E-state index is 16.1. The Morgan fingerprint density at radius 1 is 1.12 bits per heavy atom. The summed E-state index contributed by atoms with van der Waals surface area (Å²) < 4.78 is 21.3. The first-order valence-corrected chi connectivity index (χ1v) is 16.3. The van der Waals surface area contributed by atoms with Crippen LogP contribution in [0.25, 0.3) is 0 Å². The van der Waals surface area contributed by atoms with Crippen LogP contribution in [0.15, 0.2) is 30.5 Å². The molecule has 4 aliphatic rings. The van der Waals surface area contributed by atoms with E-state index < -0.39 is 34.1 Å². The number of halogens is 3. The number of carbonyl (C=O) groups excluding carboxylic acids is 2. The number of methoxy groups -OCH3 is 1. The molecule has 2 aromatic rings. The highest BCUT2D eigenvalue weighted by atomic mass is 35.5. The van der Waals surface area contributed by atoms with E-state index in [0.29, 0.717) is 49.2 Å². The van der Waals surface area contributed by atoms with Gasteiger partial charge in [0.2, 0.25) is 5.91 Å². The molecule has 1 amide bonds. The van der Waals surface area contributed by atoms with E-state index in [-0.39, 0.29) is 40.3 Å². The molecule has 2 spiro atoms. The lowest BCUT2D eigenvalue weighted by Crippen LogP contribution is -2.52. The van der Waals surface area contributed by atoms with Gasteiger partial charge in [0.15, 0.2) is 11.0 Å². The van der Waals surface area contributed by atoms with Gasteiger partial charge in [0, 0.05) is 42.3 Å². The van der Waals surface area contributed by atoms with Gasteiger partial charge in [0.25, 0.3) is 0 Å². The van der Waals surface area contributed by atoms with Crippen molar-refractivity contribution in [1.29, 1.82) is 0 Å². The number of nitrogens with one attached hydrogen (secondary N) is 1. The van der Waals surface area contributed by atoms with Crippen LogP contribution in [0.3, 0.4) is 0 Å². The lowest BCUT2D eigenvalue weighted by molar-refractivity contribution is -0.127. The number of hydrogen-bond acceptors (Lipinski definition) is 5. The summed E-state index contributed by atoms with van der Waals surface area (Å²) in [5.41, 5.74) is -0.784. The Morgan fingerprint density at radius 2 is 1.81 bits per heavy atom. The summed E-state index contributed by atoms with van der Waals surface area (Å²) in [7, 11) is 1.58. The van der Waals surface area contributed by atoms with Crippen molar-refractivity contribution in [3.8, 4) is 0 Å². The highest BCUT2D eigenvalue weighted by Gasteiger charge is 2.72. The van der Waals surface area contributed by atoms with Crippen molar-refractivity contribution in [3.63, 3.8) is 0 Å². The number of ether oxygens (including phenoxy) is 1. The van der Waals surface area contributed by atoms with Crippen molar-refractivity contribution in [3.05, 3.63) is 57.6 Å². The van der Waals surface area contributed by atoms with Crippen molar-refractivity contribution < 1.29 is 23.8 Å². The molecule has 1 aromatic heterocycles. The maximum absolute atomic E-state index is 16.1. The van der Waals surface area contributed by atoms with Gasteiger partial charge in [-0.3, -0.25) is 9.59 Å². The first kappa shape index (κ1) is 30.9. The molecule has 0 unspecified atom stereocenters. The normalized spacial score (nSPS) is 32.6. The van der Waals surface area contributed by atoms with E-state index in [1.165, 1.54) is 6.20 Å². The smallest absolute Gasteiger partial charge is 0.236 e. The van der Waals surface area contributed by atoms with Gasteiger partial charge in [0.1, 0.15) is 5.78 Å².